The Morgan fingerprint density at radius 2 is 1.57 bits per heavy atom. The molecule has 1 aromatic heterocycles. The summed E-state index contributed by atoms with van der Waals surface area (Å²) in [4.78, 5) is 105. The Morgan fingerprint density at radius 3 is 2.28 bits per heavy atom. The quantitative estimate of drug-likeness (QED) is 0.0205. The van der Waals surface area contributed by atoms with E-state index in [0.29, 0.717) is 18.4 Å². The van der Waals surface area contributed by atoms with Crippen LogP contribution in [0.1, 0.15) is 94.5 Å². The first kappa shape index (κ1) is 53.9. The molecule has 20 heteroatoms. The number of H-pyrrole nitrogens is 1. The molecule has 4 aromatic rings. The van der Waals surface area contributed by atoms with Gasteiger partial charge >= 0.3 is 18.0 Å². The number of rotatable bonds is 20. The van der Waals surface area contributed by atoms with Crippen molar-refractivity contribution in [2.75, 3.05) is 25.0 Å². The Bertz CT molecular complexity index is 2550. The Morgan fingerprint density at radius 1 is 0.861 bits per heavy atom. The number of nitrogens with zero attached hydrogens (tertiary/aromatic N) is 2. The fourth-order valence-electron chi connectivity index (χ4n) is 8.42. The van der Waals surface area contributed by atoms with Gasteiger partial charge in [-0.15, -0.1) is 0 Å². The average molecular weight is 994 g/mol. The van der Waals surface area contributed by atoms with Crippen LogP contribution >= 0.6 is 0 Å². The summed E-state index contributed by atoms with van der Waals surface area (Å²) in [6.07, 6.45) is 2.64. The van der Waals surface area contributed by atoms with Crippen LogP contribution in [-0.2, 0) is 62.6 Å². The summed E-state index contributed by atoms with van der Waals surface area (Å²) >= 11 is 0. The predicted octanol–water partition coefficient (Wildman–Crippen LogP) is 3.92. The SMILES string of the molecule is Cc1ccc(NC(N)=NCCC[C@H](NC(=O)[C@@H]2Cc3c([nH]c4ccccc34)CN2C(=O)OC(C)(C)C)C(=O)NCC(=O)N[C@@H](CC(=O)OC2CCCCC2)C(=O)N[C@@H](CO)C(=O)OCc2ccccc2)cc1. The number of nitrogens with one attached hydrogen (secondary N) is 6. The average Bonchev–Trinajstić information content (AvgIpc) is 3.72. The van der Waals surface area contributed by atoms with E-state index in [1.54, 1.807) is 51.1 Å². The lowest BCUT2D eigenvalue weighted by Crippen LogP contribution is -2.58. The number of anilines is 1. The fourth-order valence-corrected chi connectivity index (χ4v) is 8.42. The van der Waals surface area contributed by atoms with Gasteiger partial charge in [0, 0.05) is 35.2 Å². The summed E-state index contributed by atoms with van der Waals surface area (Å²) in [5, 5.41) is 24.1. The van der Waals surface area contributed by atoms with Crippen molar-refractivity contribution in [3.63, 3.8) is 0 Å². The van der Waals surface area contributed by atoms with Gasteiger partial charge < -0.3 is 56.6 Å². The molecule has 4 atom stereocenters. The van der Waals surface area contributed by atoms with Crippen molar-refractivity contribution < 1.29 is 52.9 Å². The fraction of sp³-hybridized carbons (Fsp3) is 0.462. The van der Waals surface area contributed by atoms with Gasteiger partial charge in [0.05, 0.1) is 26.1 Å². The molecule has 2 aliphatic rings. The van der Waals surface area contributed by atoms with Crippen molar-refractivity contribution >= 4 is 64.2 Å². The second-order valence-electron chi connectivity index (χ2n) is 19.0. The molecule has 1 aliphatic heterocycles. The number of aryl methyl sites for hydroxylation is 1. The van der Waals surface area contributed by atoms with E-state index in [2.05, 4.69) is 36.6 Å². The monoisotopic (exact) mass is 993 g/mol. The molecule has 20 nitrogen and oxygen atoms in total. The smallest absolute Gasteiger partial charge is 0.411 e. The molecule has 1 saturated carbocycles. The normalized spacial score (nSPS) is 16.3. The third-order valence-electron chi connectivity index (χ3n) is 12.1. The van der Waals surface area contributed by atoms with Crippen molar-refractivity contribution in [3.8, 4) is 0 Å². The number of aromatic nitrogens is 1. The summed E-state index contributed by atoms with van der Waals surface area (Å²) in [7, 11) is 0. The van der Waals surface area contributed by atoms with E-state index >= 15 is 0 Å². The van der Waals surface area contributed by atoms with E-state index in [0.717, 1.165) is 52.7 Å². The molecule has 0 radical (unpaired) electrons. The second kappa shape index (κ2) is 25.6. The number of aliphatic hydroxyl groups excluding tert-OH is 1. The van der Waals surface area contributed by atoms with Gasteiger partial charge in [0.1, 0.15) is 36.4 Å². The maximum absolute atomic E-state index is 14.5. The maximum atomic E-state index is 14.5. The number of benzene rings is 3. The van der Waals surface area contributed by atoms with Crippen LogP contribution in [0, 0.1) is 6.92 Å². The van der Waals surface area contributed by atoms with Crippen molar-refractivity contribution in [3.05, 3.63) is 101 Å². The molecule has 0 bridgehead atoms. The Hall–Kier alpha value is -7.48. The number of guanidine groups is 1. The lowest BCUT2D eigenvalue weighted by Gasteiger charge is -2.36. The van der Waals surface area contributed by atoms with Crippen molar-refractivity contribution in [1.82, 2.24) is 31.2 Å². The highest BCUT2D eigenvalue weighted by molar-refractivity contribution is 5.97. The minimum atomic E-state index is -1.60. The number of fused-ring (bicyclic) bond motifs is 3. The van der Waals surface area contributed by atoms with Gasteiger partial charge in [0.25, 0.3) is 0 Å². The van der Waals surface area contributed by atoms with Crippen LogP contribution in [0.25, 0.3) is 10.9 Å². The highest BCUT2D eigenvalue weighted by Gasteiger charge is 2.40. The van der Waals surface area contributed by atoms with E-state index in [1.807, 2.05) is 55.5 Å². The highest BCUT2D eigenvalue weighted by Crippen LogP contribution is 2.31. The Balaban J connectivity index is 1.16. The number of amides is 5. The Kier molecular flexibility index (Phi) is 19.1. The molecule has 9 N–H and O–H groups in total. The van der Waals surface area contributed by atoms with Gasteiger partial charge in [0.2, 0.25) is 23.6 Å². The summed E-state index contributed by atoms with van der Waals surface area (Å²) in [5.41, 5.74) is 10.1. The third kappa shape index (κ3) is 16.0. The van der Waals surface area contributed by atoms with Crippen LogP contribution in [0.4, 0.5) is 10.5 Å². The van der Waals surface area contributed by atoms with Crippen molar-refractivity contribution in [1.29, 1.82) is 0 Å². The number of carbonyl (C=O) groups is 7. The second-order valence-corrected chi connectivity index (χ2v) is 19.0. The lowest BCUT2D eigenvalue weighted by atomic mass is 9.96. The van der Waals surface area contributed by atoms with Crippen LogP contribution < -0.4 is 32.3 Å². The van der Waals surface area contributed by atoms with Crippen LogP contribution in [0.3, 0.4) is 0 Å². The summed E-state index contributed by atoms with van der Waals surface area (Å²) in [6, 6.07) is 18.3. The predicted molar refractivity (Wildman–Crippen MR) is 268 cm³/mol. The highest BCUT2D eigenvalue weighted by atomic mass is 16.6. The summed E-state index contributed by atoms with van der Waals surface area (Å²) in [6.45, 7) is 5.56. The number of hydrogen-bond acceptors (Lipinski definition) is 12. The van der Waals surface area contributed by atoms with E-state index in [1.165, 1.54) is 4.90 Å². The molecule has 5 amide bonds. The zero-order valence-electron chi connectivity index (χ0n) is 41.3. The lowest BCUT2D eigenvalue weighted by molar-refractivity contribution is -0.153. The number of aliphatic imine (C=N–C) groups is 1. The first-order valence-electron chi connectivity index (χ1n) is 24.4. The van der Waals surface area contributed by atoms with Gasteiger partial charge in [-0.2, -0.15) is 0 Å². The van der Waals surface area contributed by atoms with Gasteiger partial charge in [-0.1, -0.05) is 72.6 Å². The van der Waals surface area contributed by atoms with Gasteiger partial charge in [0.15, 0.2) is 12.0 Å². The molecule has 0 spiro atoms. The van der Waals surface area contributed by atoms with Crippen LogP contribution in [0.15, 0.2) is 83.9 Å². The molecule has 0 saturated heterocycles. The van der Waals surface area contributed by atoms with E-state index < -0.39 is 91.0 Å². The minimum absolute atomic E-state index is 0.0129. The van der Waals surface area contributed by atoms with Gasteiger partial charge in [-0.05, 0) is 95.5 Å². The molecular formula is C52H67N9O11. The number of carbonyl (C=O) groups excluding carboxylic acids is 7. The van der Waals surface area contributed by atoms with Crippen LogP contribution in [0.2, 0.25) is 0 Å². The first-order valence-corrected chi connectivity index (χ1v) is 24.4. The zero-order chi connectivity index (χ0) is 51.8. The van der Waals surface area contributed by atoms with Crippen LogP contribution in [-0.4, -0.2) is 118 Å². The molecule has 3 aromatic carbocycles. The molecule has 72 heavy (non-hydrogen) atoms. The third-order valence-corrected chi connectivity index (χ3v) is 12.1. The molecule has 1 aliphatic carbocycles. The number of nitrogens with two attached hydrogens (primary N) is 1. The van der Waals surface area contributed by atoms with Crippen molar-refractivity contribution in [2.24, 2.45) is 10.7 Å². The maximum Gasteiger partial charge on any atom is 0.411 e. The Labute approximate surface area is 418 Å². The summed E-state index contributed by atoms with van der Waals surface area (Å²) < 4.78 is 16.7. The number of aromatic amines is 1. The van der Waals surface area contributed by atoms with Gasteiger partial charge in [-0.25, -0.2) is 9.59 Å². The summed E-state index contributed by atoms with van der Waals surface area (Å²) in [5.74, 6) is -4.93. The topological polar surface area (TPSA) is 285 Å². The molecule has 2 heterocycles. The minimum Gasteiger partial charge on any atom is -0.462 e. The largest absolute Gasteiger partial charge is 0.462 e. The van der Waals surface area contributed by atoms with E-state index in [9.17, 15) is 38.7 Å². The number of esters is 2. The van der Waals surface area contributed by atoms with Gasteiger partial charge in [-0.3, -0.25) is 33.9 Å². The van der Waals surface area contributed by atoms with Crippen molar-refractivity contribution in [2.45, 2.75) is 135 Å². The molecule has 6 rings (SSSR count). The number of ether oxygens (including phenoxy) is 3. The standard InChI is InChI=1S/C52H67N9O11/c1-32-21-23-34(24-22-32)56-50(53)54-25-13-20-39(59-48(67)43-26-37-36-18-11-12-19-38(36)57-41(37)29-61(43)51(69)72-52(2,3)4)46(65)55-28-44(63)58-40(27-45(64)71-35-16-9-6-10-17-35)47(66)60-42(30-62)49(68)70-31-33-14-7-5-8-15-33/h5,7-8,11-12,14-15,18-19,21-24,35,39-40,42-43,57,62H,6,9-10,13,16-17,20,25-31H2,1-4H3,(H,55,65)(H,58,63)(H,59,67)(H,60,66)(H3,53,54,56)/t39-,40-,42-,43-/m0/s1. The zero-order valence-corrected chi connectivity index (χ0v) is 41.3. The number of aliphatic hydroxyl groups is 1. The molecule has 0 unspecified atom stereocenters. The molecule has 386 valence electrons. The van der Waals surface area contributed by atoms with E-state index in [4.69, 9.17) is 19.9 Å². The number of para-hydroxylation sites is 1. The first-order chi connectivity index (χ1) is 34.5. The molecular weight excluding hydrogens is 927 g/mol. The van der Waals surface area contributed by atoms with Crippen LogP contribution in [0.5, 0.6) is 0 Å². The molecule has 1 fully saturated rings. The van der Waals surface area contributed by atoms with E-state index in [-0.39, 0.29) is 51.0 Å². The number of hydrogen-bond donors (Lipinski definition) is 8.